The van der Waals surface area contributed by atoms with Gasteiger partial charge in [0.15, 0.2) is 0 Å². The Morgan fingerprint density at radius 2 is 1.83 bits per heavy atom. The van der Waals surface area contributed by atoms with Crippen molar-refractivity contribution in [3.63, 3.8) is 0 Å². The molecule has 1 heterocycles. The van der Waals surface area contributed by atoms with Crippen LogP contribution in [0, 0.1) is 17.0 Å². The fraction of sp³-hybridized carbons (Fsp3) is 0.0556. The Kier molecular flexibility index (Phi) is 4.38. The van der Waals surface area contributed by atoms with E-state index < -0.39 is 4.92 Å². The Hall–Kier alpha value is -3.41. The zero-order valence-electron chi connectivity index (χ0n) is 13.1. The molecule has 2 aromatic carbocycles. The Morgan fingerprint density at radius 3 is 2.50 bits per heavy atom. The van der Waals surface area contributed by atoms with E-state index in [-0.39, 0.29) is 5.69 Å². The fourth-order valence-corrected chi connectivity index (χ4v) is 2.38. The SMILES string of the molecule is Cc1cc(/C=N\Nc2ccc([N+](=O)[O-])cc2)cn1-c1ccccc1. The predicted molar refractivity (Wildman–Crippen MR) is 94.8 cm³/mol. The molecule has 6 nitrogen and oxygen atoms in total. The number of rotatable bonds is 5. The molecule has 0 unspecified atom stereocenters. The van der Waals surface area contributed by atoms with E-state index in [1.807, 2.05) is 49.5 Å². The Balaban J connectivity index is 1.70. The van der Waals surface area contributed by atoms with E-state index >= 15 is 0 Å². The molecule has 0 aliphatic carbocycles. The molecular weight excluding hydrogens is 304 g/mol. The summed E-state index contributed by atoms with van der Waals surface area (Å²) >= 11 is 0. The van der Waals surface area contributed by atoms with Gasteiger partial charge in [0.1, 0.15) is 0 Å². The van der Waals surface area contributed by atoms with Crippen molar-refractivity contribution >= 4 is 17.6 Å². The van der Waals surface area contributed by atoms with Gasteiger partial charge < -0.3 is 4.57 Å². The van der Waals surface area contributed by atoms with Crippen molar-refractivity contribution in [1.29, 1.82) is 0 Å². The van der Waals surface area contributed by atoms with Gasteiger partial charge in [-0.3, -0.25) is 15.5 Å². The van der Waals surface area contributed by atoms with Crippen LogP contribution in [0.3, 0.4) is 0 Å². The minimum Gasteiger partial charge on any atom is -0.321 e. The Labute approximate surface area is 139 Å². The molecular formula is C18H16N4O2. The lowest BCUT2D eigenvalue weighted by Gasteiger charge is -2.04. The van der Waals surface area contributed by atoms with E-state index in [2.05, 4.69) is 15.1 Å². The number of hydrogen-bond acceptors (Lipinski definition) is 4. The summed E-state index contributed by atoms with van der Waals surface area (Å²) in [5.74, 6) is 0. The van der Waals surface area contributed by atoms with Crippen LogP contribution in [0.4, 0.5) is 11.4 Å². The number of non-ortho nitro benzene ring substituents is 1. The molecule has 0 saturated heterocycles. The molecule has 0 atom stereocenters. The summed E-state index contributed by atoms with van der Waals surface area (Å²) in [5.41, 5.74) is 6.78. The van der Waals surface area contributed by atoms with E-state index in [0.29, 0.717) is 5.69 Å². The van der Waals surface area contributed by atoms with Gasteiger partial charge in [-0.1, -0.05) is 18.2 Å². The van der Waals surface area contributed by atoms with E-state index in [0.717, 1.165) is 16.9 Å². The second kappa shape index (κ2) is 6.78. The molecule has 1 aromatic heterocycles. The number of nitro groups is 1. The van der Waals surface area contributed by atoms with Gasteiger partial charge in [-0.05, 0) is 37.3 Å². The molecule has 3 aromatic rings. The molecule has 6 heteroatoms. The van der Waals surface area contributed by atoms with E-state index in [1.54, 1.807) is 18.3 Å². The summed E-state index contributed by atoms with van der Waals surface area (Å²) in [6.45, 7) is 2.04. The lowest BCUT2D eigenvalue weighted by atomic mass is 10.3. The van der Waals surface area contributed by atoms with Crippen LogP contribution in [-0.2, 0) is 0 Å². The molecule has 24 heavy (non-hydrogen) atoms. The number of anilines is 1. The van der Waals surface area contributed by atoms with E-state index in [1.165, 1.54) is 12.1 Å². The van der Waals surface area contributed by atoms with E-state index in [4.69, 9.17) is 0 Å². The van der Waals surface area contributed by atoms with Crippen molar-refractivity contribution < 1.29 is 4.92 Å². The molecule has 0 aliphatic heterocycles. The van der Waals surface area contributed by atoms with Gasteiger partial charge in [-0.15, -0.1) is 0 Å². The summed E-state index contributed by atoms with van der Waals surface area (Å²) < 4.78 is 2.09. The number of nitro benzene ring substituents is 1. The zero-order chi connectivity index (χ0) is 16.9. The molecule has 1 N–H and O–H groups in total. The van der Waals surface area contributed by atoms with Crippen molar-refractivity contribution in [3.05, 3.63) is 88.2 Å². The van der Waals surface area contributed by atoms with Crippen LogP contribution in [0.2, 0.25) is 0 Å². The van der Waals surface area contributed by atoms with Crippen LogP contribution < -0.4 is 5.43 Å². The number of aryl methyl sites for hydroxylation is 1. The number of hydrazone groups is 1. The first kappa shape index (κ1) is 15.5. The second-order valence-electron chi connectivity index (χ2n) is 5.29. The minimum absolute atomic E-state index is 0.0556. The smallest absolute Gasteiger partial charge is 0.269 e. The second-order valence-corrected chi connectivity index (χ2v) is 5.29. The highest BCUT2D eigenvalue weighted by Crippen LogP contribution is 2.16. The number of para-hydroxylation sites is 1. The summed E-state index contributed by atoms with van der Waals surface area (Å²) in [6.07, 6.45) is 3.72. The first-order valence-electron chi connectivity index (χ1n) is 7.41. The molecule has 0 fully saturated rings. The topological polar surface area (TPSA) is 72.5 Å². The van der Waals surface area contributed by atoms with Gasteiger partial charge in [-0.2, -0.15) is 5.10 Å². The lowest BCUT2D eigenvalue weighted by Crippen LogP contribution is -1.93. The summed E-state index contributed by atoms with van der Waals surface area (Å²) in [7, 11) is 0. The predicted octanol–water partition coefficient (Wildman–Crippen LogP) is 4.14. The van der Waals surface area contributed by atoms with Crippen molar-refractivity contribution in [2.45, 2.75) is 6.92 Å². The third kappa shape index (κ3) is 3.49. The number of benzene rings is 2. The van der Waals surface area contributed by atoms with Crippen LogP contribution in [0.1, 0.15) is 11.3 Å². The quantitative estimate of drug-likeness (QED) is 0.436. The number of nitrogens with one attached hydrogen (secondary N) is 1. The minimum atomic E-state index is -0.428. The van der Waals surface area contributed by atoms with Gasteiger partial charge in [0, 0.05) is 35.3 Å². The maximum absolute atomic E-state index is 10.6. The van der Waals surface area contributed by atoms with Crippen molar-refractivity contribution in [3.8, 4) is 5.69 Å². The molecule has 120 valence electrons. The van der Waals surface area contributed by atoms with Crippen molar-refractivity contribution in [2.75, 3.05) is 5.43 Å². The van der Waals surface area contributed by atoms with Gasteiger partial charge >= 0.3 is 0 Å². The van der Waals surface area contributed by atoms with Gasteiger partial charge in [0.25, 0.3) is 5.69 Å². The van der Waals surface area contributed by atoms with Crippen LogP contribution in [-0.4, -0.2) is 15.7 Å². The molecule has 0 saturated carbocycles. The molecule has 0 bridgehead atoms. The molecule has 0 amide bonds. The summed E-state index contributed by atoms with van der Waals surface area (Å²) in [5, 5.41) is 14.8. The molecule has 0 spiro atoms. The standard InChI is InChI=1S/C18H16N4O2/c1-14-11-15(13-21(14)17-5-3-2-4-6-17)12-19-20-16-7-9-18(10-8-16)22(23)24/h2-13,20H,1H3/b19-12-. The van der Waals surface area contributed by atoms with Crippen LogP contribution in [0.15, 0.2) is 72.0 Å². The molecule has 0 aliphatic rings. The lowest BCUT2D eigenvalue weighted by molar-refractivity contribution is -0.384. The fourth-order valence-electron chi connectivity index (χ4n) is 2.38. The highest BCUT2D eigenvalue weighted by Gasteiger charge is 2.04. The Morgan fingerprint density at radius 1 is 1.12 bits per heavy atom. The van der Waals surface area contributed by atoms with Gasteiger partial charge in [0.05, 0.1) is 16.8 Å². The van der Waals surface area contributed by atoms with Crippen LogP contribution in [0.5, 0.6) is 0 Å². The number of hydrogen-bond donors (Lipinski definition) is 1. The summed E-state index contributed by atoms with van der Waals surface area (Å²) in [4.78, 5) is 10.2. The molecule has 3 rings (SSSR count). The highest BCUT2D eigenvalue weighted by atomic mass is 16.6. The van der Waals surface area contributed by atoms with Crippen LogP contribution in [0.25, 0.3) is 5.69 Å². The number of aromatic nitrogens is 1. The monoisotopic (exact) mass is 320 g/mol. The maximum atomic E-state index is 10.6. The largest absolute Gasteiger partial charge is 0.321 e. The summed E-state index contributed by atoms with van der Waals surface area (Å²) in [6, 6.07) is 18.2. The van der Waals surface area contributed by atoms with Gasteiger partial charge in [-0.25, -0.2) is 0 Å². The third-order valence-electron chi connectivity index (χ3n) is 3.55. The zero-order valence-corrected chi connectivity index (χ0v) is 13.1. The van der Waals surface area contributed by atoms with Crippen molar-refractivity contribution in [1.82, 2.24) is 4.57 Å². The maximum Gasteiger partial charge on any atom is 0.269 e. The van der Waals surface area contributed by atoms with Crippen molar-refractivity contribution in [2.24, 2.45) is 5.10 Å². The first-order valence-corrected chi connectivity index (χ1v) is 7.41. The van der Waals surface area contributed by atoms with E-state index in [9.17, 15) is 10.1 Å². The van der Waals surface area contributed by atoms with Gasteiger partial charge in [0.2, 0.25) is 0 Å². The Bertz CT molecular complexity index is 868. The molecule has 0 radical (unpaired) electrons. The third-order valence-corrected chi connectivity index (χ3v) is 3.55. The average Bonchev–Trinajstić information content (AvgIpc) is 2.97. The van der Waals surface area contributed by atoms with Crippen LogP contribution >= 0.6 is 0 Å². The first-order chi connectivity index (χ1) is 11.6. The number of nitrogens with zero attached hydrogens (tertiary/aromatic N) is 3. The normalized spacial score (nSPS) is 10.9. The average molecular weight is 320 g/mol. The highest BCUT2D eigenvalue weighted by molar-refractivity contribution is 5.80.